The van der Waals surface area contributed by atoms with E-state index in [1.54, 1.807) is 6.92 Å². The van der Waals surface area contributed by atoms with Crippen LogP contribution in [0.4, 0.5) is 4.79 Å². The Morgan fingerprint density at radius 3 is 2.60 bits per heavy atom. The predicted molar refractivity (Wildman–Crippen MR) is 75.2 cm³/mol. The summed E-state index contributed by atoms with van der Waals surface area (Å²) >= 11 is 0. The molecule has 0 heterocycles. The number of primary amides is 1. The Labute approximate surface area is 118 Å². The van der Waals surface area contributed by atoms with Crippen molar-refractivity contribution in [3.8, 4) is 0 Å². The van der Waals surface area contributed by atoms with Gasteiger partial charge in [-0.3, -0.25) is 0 Å². The van der Waals surface area contributed by atoms with E-state index in [4.69, 9.17) is 15.6 Å². The number of aliphatic hydroxyl groups excluding tert-OH is 2. The second-order valence-corrected chi connectivity index (χ2v) is 4.72. The number of carbonyl (C=O) groups excluding carboxylic acids is 1. The molecule has 20 heavy (non-hydrogen) atoms. The Morgan fingerprint density at radius 1 is 1.40 bits per heavy atom. The van der Waals surface area contributed by atoms with Crippen molar-refractivity contribution >= 4 is 6.09 Å². The van der Waals surface area contributed by atoms with E-state index in [1.165, 1.54) is 0 Å². The van der Waals surface area contributed by atoms with Crippen LogP contribution in [0.3, 0.4) is 0 Å². The zero-order chi connectivity index (χ0) is 15.0. The number of carbonyl (C=O) groups is 1. The van der Waals surface area contributed by atoms with Gasteiger partial charge in [-0.1, -0.05) is 30.3 Å². The maximum absolute atomic E-state index is 10.9. The van der Waals surface area contributed by atoms with Gasteiger partial charge in [-0.05, 0) is 12.5 Å². The van der Waals surface area contributed by atoms with Crippen molar-refractivity contribution in [2.45, 2.75) is 31.6 Å². The number of nitrogens with two attached hydrogens (primary N) is 1. The van der Waals surface area contributed by atoms with Crippen molar-refractivity contribution in [1.82, 2.24) is 5.32 Å². The third-order valence-corrected chi connectivity index (χ3v) is 2.93. The average molecular weight is 282 g/mol. The Kier molecular flexibility index (Phi) is 7.00. The molecule has 6 nitrogen and oxygen atoms in total. The van der Waals surface area contributed by atoms with Crippen LogP contribution in [0.25, 0.3) is 0 Å². The Balaban J connectivity index is 2.61. The maximum Gasteiger partial charge on any atom is 0.404 e. The summed E-state index contributed by atoms with van der Waals surface area (Å²) in [5.74, 6) is 0. The molecule has 0 bridgehead atoms. The minimum atomic E-state index is -0.916. The Hall–Kier alpha value is -1.63. The molecule has 0 unspecified atom stereocenters. The number of aliphatic hydroxyl groups is 2. The van der Waals surface area contributed by atoms with Crippen LogP contribution in [0.15, 0.2) is 30.3 Å². The number of nitrogens with one attached hydrogen (secondary N) is 1. The fraction of sp³-hybridized carbons (Fsp3) is 0.500. The second-order valence-electron chi connectivity index (χ2n) is 4.72. The van der Waals surface area contributed by atoms with E-state index in [0.717, 1.165) is 5.56 Å². The van der Waals surface area contributed by atoms with E-state index in [0.29, 0.717) is 6.42 Å². The Morgan fingerprint density at radius 2 is 2.05 bits per heavy atom. The summed E-state index contributed by atoms with van der Waals surface area (Å²) in [5.41, 5.74) is 5.97. The van der Waals surface area contributed by atoms with Crippen LogP contribution in [-0.4, -0.2) is 47.7 Å². The van der Waals surface area contributed by atoms with Crippen LogP contribution < -0.4 is 11.1 Å². The topological polar surface area (TPSA) is 105 Å². The van der Waals surface area contributed by atoms with Gasteiger partial charge in [0.1, 0.15) is 12.2 Å². The van der Waals surface area contributed by atoms with Gasteiger partial charge in [0.15, 0.2) is 0 Å². The maximum atomic E-state index is 10.9. The highest BCUT2D eigenvalue weighted by atomic mass is 16.6. The van der Waals surface area contributed by atoms with E-state index in [-0.39, 0.29) is 19.2 Å². The lowest BCUT2D eigenvalue weighted by Gasteiger charge is -2.24. The Bertz CT molecular complexity index is 399. The third-order valence-electron chi connectivity index (χ3n) is 2.93. The van der Waals surface area contributed by atoms with Crippen LogP contribution in [-0.2, 0) is 11.2 Å². The molecule has 5 N–H and O–H groups in total. The SMILES string of the molecule is C[C@H](CO)NC[C@@H](O)[C@H](Cc1ccccc1)OC(N)=O. The molecule has 0 radical (unpaired) electrons. The van der Waals surface area contributed by atoms with Gasteiger partial charge in [0.2, 0.25) is 0 Å². The molecule has 0 aromatic heterocycles. The first-order chi connectivity index (χ1) is 9.52. The van der Waals surface area contributed by atoms with Crippen molar-refractivity contribution in [2.24, 2.45) is 5.73 Å². The molecule has 0 fully saturated rings. The van der Waals surface area contributed by atoms with Gasteiger partial charge in [-0.2, -0.15) is 0 Å². The average Bonchev–Trinajstić information content (AvgIpc) is 2.44. The quantitative estimate of drug-likeness (QED) is 0.538. The van der Waals surface area contributed by atoms with E-state index < -0.39 is 18.3 Å². The molecule has 0 spiro atoms. The summed E-state index contributed by atoms with van der Waals surface area (Å²) in [5, 5.41) is 21.9. The molecule has 0 saturated carbocycles. The largest absolute Gasteiger partial charge is 0.443 e. The van der Waals surface area contributed by atoms with Crippen LogP contribution in [0.2, 0.25) is 0 Å². The fourth-order valence-corrected chi connectivity index (χ4v) is 1.77. The van der Waals surface area contributed by atoms with Gasteiger partial charge in [0, 0.05) is 19.0 Å². The molecule has 1 aromatic rings. The van der Waals surface area contributed by atoms with Gasteiger partial charge < -0.3 is 26.0 Å². The van der Waals surface area contributed by atoms with Crippen LogP contribution in [0.5, 0.6) is 0 Å². The van der Waals surface area contributed by atoms with Crippen LogP contribution in [0, 0.1) is 0 Å². The lowest BCUT2D eigenvalue weighted by atomic mass is 10.0. The molecular weight excluding hydrogens is 260 g/mol. The van der Waals surface area contributed by atoms with Gasteiger partial charge in [0.25, 0.3) is 0 Å². The summed E-state index contributed by atoms with van der Waals surface area (Å²) in [6.45, 7) is 1.95. The van der Waals surface area contributed by atoms with Crippen molar-refractivity contribution in [3.05, 3.63) is 35.9 Å². The first kappa shape index (κ1) is 16.4. The normalized spacial score (nSPS) is 15.3. The monoisotopic (exact) mass is 282 g/mol. The number of ether oxygens (including phenoxy) is 1. The van der Waals surface area contributed by atoms with E-state index in [2.05, 4.69) is 5.32 Å². The van der Waals surface area contributed by atoms with Crippen molar-refractivity contribution in [1.29, 1.82) is 0 Å². The van der Waals surface area contributed by atoms with Gasteiger partial charge in [-0.15, -0.1) is 0 Å². The van der Waals surface area contributed by atoms with Crippen LogP contribution >= 0.6 is 0 Å². The minimum absolute atomic E-state index is 0.0350. The smallest absolute Gasteiger partial charge is 0.404 e. The molecule has 0 aliphatic carbocycles. The van der Waals surface area contributed by atoms with Crippen LogP contribution in [0.1, 0.15) is 12.5 Å². The van der Waals surface area contributed by atoms with Crippen molar-refractivity contribution in [3.63, 3.8) is 0 Å². The molecule has 0 aliphatic heterocycles. The highest BCUT2D eigenvalue weighted by Gasteiger charge is 2.23. The number of amides is 1. The molecule has 0 aliphatic rings. The molecule has 1 amide bonds. The summed E-state index contributed by atoms with van der Waals surface area (Å²) < 4.78 is 4.97. The zero-order valence-electron chi connectivity index (χ0n) is 11.5. The molecule has 112 valence electrons. The first-order valence-corrected chi connectivity index (χ1v) is 6.55. The molecule has 1 aromatic carbocycles. The number of hydrogen-bond donors (Lipinski definition) is 4. The first-order valence-electron chi connectivity index (χ1n) is 6.55. The second kappa shape index (κ2) is 8.52. The predicted octanol–water partition coefficient (Wildman–Crippen LogP) is 0.0243. The lowest BCUT2D eigenvalue weighted by Crippen LogP contribution is -2.44. The standard InChI is InChI=1S/C14H22N2O4/c1-10(9-17)16-8-12(18)13(20-14(15)19)7-11-5-3-2-4-6-11/h2-6,10,12-13,16-18H,7-9H2,1H3,(H2,15,19)/t10-,12-,13+/m1/s1. The number of benzene rings is 1. The van der Waals surface area contributed by atoms with E-state index in [9.17, 15) is 9.90 Å². The fourth-order valence-electron chi connectivity index (χ4n) is 1.77. The summed E-state index contributed by atoms with van der Waals surface area (Å²) in [4.78, 5) is 10.9. The highest BCUT2D eigenvalue weighted by Crippen LogP contribution is 2.10. The molecule has 0 saturated heterocycles. The van der Waals surface area contributed by atoms with Crippen molar-refractivity contribution < 1.29 is 19.7 Å². The molecular formula is C14H22N2O4. The van der Waals surface area contributed by atoms with Crippen molar-refractivity contribution in [2.75, 3.05) is 13.2 Å². The summed E-state index contributed by atoms with van der Waals surface area (Å²) in [6.07, 6.45) is -2.18. The van der Waals surface area contributed by atoms with Gasteiger partial charge in [0.05, 0.1) is 6.61 Å². The molecule has 1 rings (SSSR count). The van der Waals surface area contributed by atoms with Gasteiger partial charge in [-0.25, -0.2) is 4.79 Å². The third kappa shape index (κ3) is 6.01. The number of rotatable bonds is 8. The van der Waals surface area contributed by atoms with E-state index >= 15 is 0 Å². The molecule has 6 heteroatoms. The highest BCUT2D eigenvalue weighted by molar-refractivity contribution is 5.64. The number of hydrogen-bond acceptors (Lipinski definition) is 5. The summed E-state index contributed by atoms with van der Waals surface area (Å²) in [7, 11) is 0. The van der Waals surface area contributed by atoms with E-state index in [1.807, 2.05) is 30.3 Å². The lowest BCUT2D eigenvalue weighted by molar-refractivity contribution is 0.00563. The zero-order valence-corrected chi connectivity index (χ0v) is 11.5. The summed E-state index contributed by atoms with van der Waals surface area (Å²) in [6, 6.07) is 9.25. The van der Waals surface area contributed by atoms with Gasteiger partial charge >= 0.3 is 6.09 Å². The minimum Gasteiger partial charge on any atom is -0.443 e. The molecule has 3 atom stereocenters.